The Bertz CT molecular complexity index is 748. The Balaban J connectivity index is 0.00000341. The van der Waals surface area contributed by atoms with Crippen molar-refractivity contribution in [3.63, 3.8) is 0 Å². The molecule has 0 aliphatic carbocycles. The van der Waals surface area contributed by atoms with Crippen LogP contribution in [0, 0.1) is 0 Å². The van der Waals surface area contributed by atoms with Gasteiger partial charge in [0.15, 0.2) is 11.8 Å². The number of aryl methyl sites for hydroxylation is 1. The molecule has 0 saturated carbocycles. The van der Waals surface area contributed by atoms with Crippen LogP contribution in [0.25, 0.3) is 0 Å². The van der Waals surface area contributed by atoms with E-state index in [0.717, 1.165) is 50.7 Å². The topological polar surface area (TPSA) is 90.7 Å². The third kappa shape index (κ3) is 7.03. The van der Waals surface area contributed by atoms with E-state index in [4.69, 9.17) is 0 Å². The molecule has 2 atom stereocenters. The number of aromatic nitrogens is 3. The highest BCUT2D eigenvalue weighted by Crippen LogP contribution is 2.17. The fourth-order valence-corrected chi connectivity index (χ4v) is 4.08. The number of likely N-dealkylation sites (tertiary alicyclic amines) is 1. The molecule has 2 N–H and O–H groups in total. The number of fused-ring (bicyclic) bond motifs is 1. The molecule has 1 aromatic heterocycles. The first kappa shape index (κ1) is 25.8. The van der Waals surface area contributed by atoms with Gasteiger partial charge in [0, 0.05) is 45.1 Å². The van der Waals surface area contributed by atoms with E-state index in [9.17, 15) is 4.79 Å². The maximum Gasteiger partial charge on any atom is 0.243 e. The Morgan fingerprint density at radius 1 is 1.32 bits per heavy atom. The van der Waals surface area contributed by atoms with E-state index < -0.39 is 0 Å². The molecule has 1 aromatic rings. The van der Waals surface area contributed by atoms with Gasteiger partial charge in [-0.15, -0.1) is 24.0 Å². The lowest BCUT2D eigenvalue weighted by Gasteiger charge is -2.28. The largest absolute Gasteiger partial charge is 0.355 e. The van der Waals surface area contributed by atoms with E-state index in [-0.39, 0.29) is 42.5 Å². The number of rotatable bonds is 7. The van der Waals surface area contributed by atoms with E-state index in [1.54, 1.807) is 19.0 Å². The first-order valence-electron chi connectivity index (χ1n) is 11.3. The molecule has 0 bridgehead atoms. The van der Waals surface area contributed by atoms with Crippen molar-refractivity contribution in [2.24, 2.45) is 4.99 Å². The average molecular weight is 547 g/mol. The number of amides is 1. The summed E-state index contributed by atoms with van der Waals surface area (Å²) in [6, 6.07) is 0.735. The summed E-state index contributed by atoms with van der Waals surface area (Å²) >= 11 is 0. The van der Waals surface area contributed by atoms with Crippen molar-refractivity contribution in [2.75, 3.05) is 40.3 Å². The van der Waals surface area contributed by atoms with Crippen LogP contribution in [-0.2, 0) is 17.8 Å². The van der Waals surface area contributed by atoms with Crippen LogP contribution >= 0.6 is 24.0 Å². The van der Waals surface area contributed by atoms with E-state index in [1.165, 1.54) is 12.8 Å². The molecule has 2 aliphatic rings. The molecule has 176 valence electrons. The normalized spacial score (nSPS) is 21.5. The molecular weight excluding hydrogens is 507 g/mol. The summed E-state index contributed by atoms with van der Waals surface area (Å²) in [4.78, 5) is 25.4. The van der Waals surface area contributed by atoms with Gasteiger partial charge in [0.25, 0.3) is 0 Å². The van der Waals surface area contributed by atoms with Crippen LogP contribution in [0.1, 0.15) is 57.6 Å². The third-order valence-corrected chi connectivity index (χ3v) is 6.01. The predicted molar refractivity (Wildman–Crippen MR) is 134 cm³/mol. The molecule has 3 rings (SSSR count). The van der Waals surface area contributed by atoms with Crippen LogP contribution in [0.5, 0.6) is 0 Å². The number of hydrogen-bond donors (Lipinski definition) is 2. The first-order chi connectivity index (χ1) is 14.4. The molecule has 31 heavy (non-hydrogen) atoms. The van der Waals surface area contributed by atoms with Gasteiger partial charge in [0.2, 0.25) is 5.91 Å². The van der Waals surface area contributed by atoms with Crippen molar-refractivity contribution in [3.8, 4) is 0 Å². The van der Waals surface area contributed by atoms with Gasteiger partial charge in [-0.1, -0.05) is 20.8 Å². The third-order valence-electron chi connectivity index (χ3n) is 6.01. The Morgan fingerprint density at radius 3 is 2.77 bits per heavy atom. The van der Waals surface area contributed by atoms with Gasteiger partial charge < -0.3 is 15.5 Å². The zero-order chi connectivity index (χ0) is 21.7. The van der Waals surface area contributed by atoms with E-state index >= 15 is 0 Å². The number of hydrogen-bond acceptors (Lipinski definition) is 5. The summed E-state index contributed by atoms with van der Waals surface area (Å²) < 4.78 is 2.02. The van der Waals surface area contributed by atoms with Crippen LogP contribution in [0.3, 0.4) is 0 Å². The number of nitrogens with one attached hydrogen (secondary N) is 2. The van der Waals surface area contributed by atoms with Crippen LogP contribution in [0.15, 0.2) is 4.99 Å². The molecule has 2 aliphatic heterocycles. The second kappa shape index (κ2) is 12.0. The van der Waals surface area contributed by atoms with Crippen LogP contribution in [0.2, 0.25) is 0 Å². The molecule has 10 heteroatoms. The number of halogens is 1. The number of aliphatic imine (C=N–C) groups is 1. The van der Waals surface area contributed by atoms with E-state index in [1.807, 2.05) is 4.68 Å². The summed E-state index contributed by atoms with van der Waals surface area (Å²) in [5.74, 6) is 3.02. The number of carbonyl (C=O) groups is 1. The van der Waals surface area contributed by atoms with Crippen LogP contribution in [0.4, 0.5) is 0 Å². The predicted octanol–water partition coefficient (Wildman–Crippen LogP) is 1.44. The second-order valence-electron chi connectivity index (χ2n) is 8.86. The molecular formula is C21H39IN8O. The quantitative estimate of drug-likeness (QED) is 0.306. The maximum absolute atomic E-state index is 12.1. The van der Waals surface area contributed by atoms with Gasteiger partial charge in [0.1, 0.15) is 12.4 Å². The number of carbonyl (C=O) groups excluding carboxylic acids is 1. The van der Waals surface area contributed by atoms with E-state index in [0.29, 0.717) is 17.9 Å². The number of nitrogens with zero attached hydrogens (tertiary/aromatic N) is 6. The van der Waals surface area contributed by atoms with Gasteiger partial charge in [-0.3, -0.25) is 9.69 Å². The standard InChI is InChI=1S/C21H38N8O.HI/c1-6-28-11-7-8-17(28)12-22-21(23-13-19(30)27(4)5)24-16-9-10-18-25-20(15(2)3)26-29(18)14-16;/h15-17H,6-14H2,1-5H3,(H2,22,23,24);1H. The average Bonchev–Trinajstić information content (AvgIpc) is 3.35. The SMILES string of the molecule is CCN1CCCC1CNC(=NCC(=O)N(C)C)NC1CCc2nc(C(C)C)nn2C1.I. The summed E-state index contributed by atoms with van der Waals surface area (Å²) in [6.45, 7) is 10.4. The zero-order valence-electron chi connectivity index (χ0n) is 19.6. The molecule has 3 heterocycles. The van der Waals surface area contributed by atoms with Gasteiger partial charge in [-0.25, -0.2) is 14.7 Å². The monoisotopic (exact) mass is 546 g/mol. The second-order valence-corrected chi connectivity index (χ2v) is 8.86. The highest BCUT2D eigenvalue weighted by molar-refractivity contribution is 14.0. The molecule has 2 unspecified atom stereocenters. The summed E-state index contributed by atoms with van der Waals surface area (Å²) in [5.41, 5.74) is 0. The molecule has 1 fully saturated rings. The van der Waals surface area contributed by atoms with Crippen molar-refractivity contribution in [1.82, 2.24) is 35.2 Å². The number of likely N-dealkylation sites (N-methyl/N-ethyl adjacent to an activating group) is 2. The fourth-order valence-electron chi connectivity index (χ4n) is 4.08. The lowest BCUT2D eigenvalue weighted by atomic mass is 10.1. The smallest absolute Gasteiger partial charge is 0.243 e. The first-order valence-corrected chi connectivity index (χ1v) is 11.3. The molecule has 0 aromatic carbocycles. The van der Waals surface area contributed by atoms with Crippen LogP contribution in [-0.4, -0.2) is 88.8 Å². The van der Waals surface area contributed by atoms with Crippen molar-refractivity contribution in [3.05, 3.63) is 11.6 Å². The summed E-state index contributed by atoms with van der Waals surface area (Å²) in [5, 5.41) is 11.7. The van der Waals surface area contributed by atoms with Gasteiger partial charge in [-0.05, 0) is 32.4 Å². The lowest BCUT2D eigenvalue weighted by molar-refractivity contribution is -0.127. The molecule has 9 nitrogen and oxygen atoms in total. The van der Waals surface area contributed by atoms with E-state index in [2.05, 4.69) is 51.4 Å². The van der Waals surface area contributed by atoms with Crippen LogP contribution < -0.4 is 10.6 Å². The minimum atomic E-state index is -0.00377. The van der Waals surface area contributed by atoms with Gasteiger partial charge >= 0.3 is 0 Å². The minimum absolute atomic E-state index is 0. The fraction of sp³-hybridized carbons (Fsp3) is 0.810. The highest BCUT2D eigenvalue weighted by atomic mass is 127. The summed E-state index contributed by atoms with van der Waals surface area (Å²) in [7, 11) is 3.52. The van der Waals surface area contributed by atoms with Gasteiger partial charge in [0.05, 0.1) is 6.54 Å². The minimum Gasteiger partial charge on any atom is -0.355 e. The lowest BCUT2D eigenvalue weighted by Crippen LogP contribution is -2.50. The zero-order valence-corrected chi connectivity index (χ0v) is 21.9. The highest BCUT2D eigenvalue weighted by Gasteiger charge is 2.25. The number of guanidine groups is 1. The van der Waals surface area contributed by atoms with Crippen molar-refractivity contribution < 1.29 is 4.79 Å². The maximum atomic E-state index is 12.1. The molecule has 1 amide bonds. The molecule has 0 radical (unpaired) electrons. The van der Waals surface area contributed by atoms with Crippen molar-refractivity contribution >= 4 is 35.8 Å². The molecule has 0 spiro atoms. The Morgan fingerprint density at radius 2 is 2.10 bits per heavy atom. The van der Waals surface area contributed by atoms with Crippen molar-refractivity contribution in [1.29, 1.82) is 0 Å². The Labute approximate surface area is 203 Å². The molecule has 1 saturated heterocycles. The summed E-state index contributed by atoms with van der Waals surface area (Å²) in [6.07, 6.45) is 4.32. The Hall–Kier alpha value is -1.43. The van der Waals surface area contributed by atoms with Crippen molar-refractivity contribution in [2.45, 2.75) is 71.0 Å². The van der Waals surface area contributed by atoms with Gasteiger partial charge in [-0.2, -0.15) is 5.10 Å². The Kier molecular flexibility index (Phi) is 9.98.